The van der Waals surface area contributed by atoms with Crippen LogP contribution in [0.15, 0.2) is 18.2 Å². The minimum absolute atomic E-state index is 0.478. The lowest BCUT2D eigenvalue weighted by Crippen LogP contribution is -2.30. The Morgan fingerprint density at radius 3 is 2.60 bits per heavy atom. The van der Waals surface area contributed by atoms with E-state index in [1.807, 2.05) is 18.2 Å². The average Bonchev–Trinajstić information content (AvgIpc) is 2.24. The van der Waals surface area contributed by atoms with Gasteiger partial charge >= 0.3 is 0 Å². The molecule has 3 heteroatoms. The van der Waals surface area contributed by atoms with Crippen molar-refractivity contribution in [2.45, 2.75) is 32.7 Å². The van der Waals surface area contributed by atoms with E-state index in [0.717, 1.165) is 24.9 Å². The second-order valence-corrected chi connectivity index (χ2v) is 4.37. The molecule has 0 aromatic heterocycles. The van der Waals surface area contributed by atoms with Gasteiger partial charge in [0.15, 0.2) is 0 Å². The Hall–Kier alpha value is -0.240. The minimum Gasteiger partial charge on any atom is -0.314 e. The number of benzene rings is 1. The summed E-state index contributed by atoms with van der Waals surface area (Å²) in [6.45, 7) is 5.27. The number of hydrogen-bond donors (Lipinski definition) is 1. The number of likely N-dealkylation sites (N-methyl/N-ethyl adjacent to an activating group) is 1. The van der Waals surface area contributed by atoms with Crippen LogP contribution in [-0.2, 0) is 6.42 Å². The van der Waals surface area contributed by atoms with Gasteiger partial charge in [-0.2, -0.15) is 0 Å². The van der Waals surface area contributed by atoms with Crippen molar-refractivity contribution in [2.24, 2.45) is 0 Å². The van der Waals surface area contributed by atoms with Crippen molar-refractivity contribution in [3.8, 4) is 0 Å². The Morgan fingerprint density at radius 2 is 2.00 bits per heavy atom. The van der Waals surface area contributed by atoms with E-state index in [1.165, 1.54) is 0 Å². The maximum Gasteiger partial charge on any atom is 0.0624 e. The maximum atomic E-state index is 6.13. The Kier molecular flexibility index (Phi) is 5.44. The molecule has 1 aromatic carbocycles. The molecule has 0 bridgehead atoms. The second kappa shape index (κ2) is 6.37. The molecule has 0 saturated heterocycles. The number of rotatable bonds is 5. The number of hydrogen-bond acceptors (Lipinski definition) is 1. The molecule has 0 radical (unpaired) electrons. The van der Waals surface area contributed by atoms with E-state index in [9.17, 15) is 0 Å². The molecule has 0 amide bonds. The van der Waals surface area contributed by atoms with Crippen LogP contribution >= 0.6 is 23.2 Å². The van der Waals surface area contributed by atoms with Gasteiger partial charge in [0.2, 0.25) is 0 Å². The van der Waals surface area contributed by atoms with E-state index in [1.54, 1.807) is 0 Å². The highest BCUT2D eigenvalue weighted by Gasteiger charge is 2.10. The smallest absolute Gasteiger partial charge is 0.0624 e. The lowest BCUT2D eigenvalue weighted by molar-refractivity contribution is 0.510. The Labute approximate surface area is 102 Å². The topological polar surface area (TPSA) is 12.0 Å². The van der Waals surface area contributed by atoms with Crippen LogP contribution in [0.3, 0.4) is 0 Å². The van der Waals surface area contributed by atoms with Crippen LogP contribution in [0.2, 0.25) is 10.0 Å². The summed E-state index contributed by atoms with van der Waals surface area (Å²) in [7, 11) is 0. The molecule has 84 valence electrons. The highest BCUT2D eigenvalue weighted by molar-refractivity contribution is 6.42. The average molecular weight is 246 g/mol. The molecule has 0 aliphatic heterocycles. The molecule has 1 unspecified atom stereocenters. The first-order chi connectivity index (χ1) is 7.19. The summed E-state index contributed by atoms with van der Waals surface area (Å²) >= 11 is 12.1. The van der Waals surface area contributed by atoms with Gasteiger partial charge in [0.25, 0.3) is 0 Å². The lowest BCUT2D eigenvalue weighted by atomic mass is 10.0. The quantitative estimate of drug-likeness (QED) is 0.830. The Morgan fingerprint density at radius 1 is 1.27 bits per heavy atom. The summed E-state index contributed by atoms with van der Waals surface area (Å²) in [4.78, 5) is 0. The first-order valence-electron chi connectivity index (χ1n) is 5.35. The molecule has 0 aliphatic carbocycles. The molecule has 1 nitrogen and oxygen atoms in total. The number of halogens is 2. The van der Waals surface area contributed by atoms with Crippen LogP contribution in [0.25, 0.3) is 0 Å². The van der Waals surface area contributed by atoms with Gasteiger partial charge in [-0.1, -0.05) is 49.2 Å². The minimum atomic E-state index is 0.478. The van der Waals surface area contributed by atoms with Crippen molar-refractivity contribution >= 4 is 23.2 Å². The molecule has 15 heavy (non-hydrogen) atoms. The fraction of sp³-hybridized carbons (Fsp3) is 0.500. The van der Waals surface area contributed by atoms with Gasteiger partial charge in [0.1, 0.15) is 0 Å². The molecule has 1 aromatic rings. The maximum absolute atomic E-state index is 6.13. The third-order valence-corrected chi connectivity index (χ3v) is 3.34. The molecule has 1 N–H and O–H groups in total. The van der Waals surface area contributed by atoms with E-state index in [4.69, 9.17) is 23.2 Å². The van der Waals surface area contributed by atoms with Crippen LogP contribution in [0.5, 0.6) is 0 Å². The van der Waals surface area contributed by atoms with Crippen molar-refractivity contribution in [1.29, 1.82) is 0 Å². The second-order valence-electron chi connectivity index (χ2n) is 3.58. The van der Waals surface area contributed by atoms with Crippen LogP contribution in [0, 0.1) is 0 Å². The summed E-state index contributed by atoms with van der Waals surface area (Å²) in [5.74, 6) is 0. The van der Waals surface area contributed by atoms with Crippen LogP contribution in [0.4, 0.5) is 0 Å². The monoisotopic (exact) mass is 245 g/mol. The van der Waals surface area contributed by atoms with Crippen molar-refractivity contribution in [3.63, 3.8) is 0 Å². The van der Waals surface area contributed by atoms with Crippen molar-refractivity contribution in [3.05, 3.63) is 33.8 Å². The van der Waals surface area contributed by atoms with Crippen molar-refractivity contribution < 1.29 is 0 Å². The van der Waals surface area contributed by atoms with Gasteiger partial charge in [-0.25, -0.2) is 0 Å². The molecule has 0 fully saturated rings. The van der Waals surface area contributed by atoms with Crippen molar-refractivity contribution in [2.75, 3.05) is 6.54 Å². The molecular weight excluding hydrogens is 229 g/mol. The number of nitrogens with one attached hydrogen (secondary N) is 1. The largest absolute Gasteiger partial charge is 0.314 e. The third kappa shape index (κ3) is 3.67. The summed E-state index contributed by atoms with van der Waals surface area (Å²) in [6, 6.07) is 6.28. The first kappa shape index (κ1) is 12.8. The standard InChI is InChI=1S/C12H17Cl2N/c1-3-10(15-4-2)8-9-6-5-7-11(13)12(9)14/h5-7,10,15H,3-4,8H2,1-2H3. The van der Waals surface area contributed by atoms with E-state index in [2.05, 4.69) is 19.2 Å². The van der Waals surface area contributed by atoms with E-state index in [0.29, 0.717) is 16.1 Å². The molecule has 0 spiro atoms. The van der Waals surface area contributed by atoms with Crippen LogP contribution in [-0.4, -0.2) is 12.6 Å². The normalized spacial score (nSPS) is 12.8. The summed E-state index contributed by atoms with van der Waals surface area (Å²) in [5.41, 5.74) is 1.12. The molecular formula is C12H17Cl2N. The predicted octanol–water partition coefficient (Wildman–Crippen LogP) is 3.92. The first-order valence-corrected chi connectivity index (χ1v) is 6.10. The lowest BCUT2D eigenvalue weighted by Gasteiger charge is -2.16. The Balaban J connectivity index is 2.74. The van der Waals surface area contributed by atoms with Gasteiger partial charge < -0.3 is 5.32 Å². The van der Waals surface area contributed by atoms with Gasteiger partial charge in [-0.3, -0.25) is 0 Å². The summed E-state index contributed by atoms with van der Waals surface area (Å²) in [6.07, 6.45) is 2.03. The van der Waals surface area contributed by atoms with Gasteiger partial charge in [0, 0.05) is 6.04 Å². The predicted molar refractivity (Wildman–Crippen MR) is 67.9 cm³/mol. The molecule has 0 aliphatic rings. The van der Waals surface area contributed by atoms with Gasteiger partial charge in [-0.05, 0) is 31.0 Å². The molecule has 1 atom stereocenters. The van der Waals surface area contributed by atoms with E-state index in [-0.39, 0.29) is 0 Å². The van der Waals surface area contributed by atoms with Gasteiger partial charge in [0.05, 0.1) is 10.0 Å². The highest BCUT2D eigenvalue weighted by Crippen LogP contribution is 2.26. The summed E-state index contributed by atoms with van der Waals surface area (Å²) < 4.78 is 0. The zero-order valence-corrected chi connectivity index (χ0v) is 10.7. The van der Waals surface area contributed by atoms with Crippen LogP contribution < -0.4 is 5.32 Å². The highest BCUT2D eigenvalue weighted by atomic mass is 35.5. The zero-order chi connectivity index (χ0) is 11.3. The van der Waals surface area contributed by atoms with E-state index < -0.39 is 0 Å². The van der Waals surface area contributed by atoms with Gasteiger partial charge in [-0.15, -0.1) is 0 Å². The Bertz CT molecular complexity index is 312. The fourth-order valence-corrected chi connectivity index (χ4v) is 2.02. The van der Waals surface area contributed by atoms with E-state index >= 15 is 0 Å². The molecule has 1 rings (SSSR count). The molecule has 0 saturated carbocycles. The SMILES string of the molecule is CCNC(CC)Cc1cccc(Cl)c1Cl. The van der Waals surface area contributed by atoms with Crippen LogP contribution in [0.1, 0.15) is 25.8 Å². The zero-order valence-electron chi connectivity index (χ0n) is 9.19. The fourth-order valence-electron chi connectivity index (χ4n) is 1.62. The third-order valence-electron chi connectivity index (χ3n) is 2.48. The van der Waals surface area contributed by atoms with Crippen molar-refractivity contribution in [1.82, 2.24) is 5.32 Å². The summed E-state index contributed by atoms with van der Waals surface area (Å²) in [5, 5.41) is 4.76. The molecule has 0 heterocycles.